The van der Waals surface area contributed by atoms with Crippen molar-refractivity contribution in [3.05, 3.63) is 54.2 Å². The maximum atomic E-state index is 12.3. The number of rotatable bonds is 13. The lowest BCUT2D eigenvalue weighted by molar-refractivity contribution is 0.0697. The summed E-state index contributed by atoms with van der Waals surface area (Å²) in [5.41, 5.74) is 3.18. The van der Waals surface area contributed by atoms with Gasteiger partial charge in [0.1, 0.15) is 22.9 Å². The first kappa shape index (κ1) is 30.6. The van der Waals surface area contributed by atoms with Gasteiger partial charge in [-0.25, -0.2) is 14.8 Å². The Hall–Kier alpha value is -4.88. The zero-order chi connectivity index (χ0) is 31.1. The van der Waals surface area contributed by atoms with Gasteiger partial charge in [-0.05, 0) is 43.3 Å². The maximum absolute atomic E-state index is 12.3. The Kier molecular flexibility index (Phi) is 9.77. The first-order chi connectivity index (χ1) is 21.4. The van der Waals surface area contributed by atoms with Gasteiger partial charge in [0.05, 0.1) is 32.1 Å². The number of piperazine rings is 1. The number of aromatic carboxylic acids is 1. The summed E-state index contributed by atoms with van der Waals surface area (Å²) in [6.45, 7) is 7.24. The molecule has 1 aliphatic rings. The summed E-state index contributed by atoms with van der Waals surface area (Å²) in [6.07, 6.45) is 1.60. The molecular formula is C31H37N7O6. The molecule has 1 saturated heterocycles. The number of ether oxygens (including phenoxy) is 3. The lowest BCUT2D eigenvalue weighted by Gasteiger charge is -2.36. The largest absolute Gasteiger partial charge is 0.497 e. The van der Waals surface area contributed by atoms with Gasteiger partial charge < -0.3 is 39.3 Å². The second-order valence-corrected chi connectivity index (χ2v) is 10.1. The number of carboxylic acid groups (broad SMARTS) is 1. The third kappa shape index (κ3) is 7.01. The van der Waals surface area contributed by atoms with Crippen LogP contribution in [-0.2, 0) is 4.74 Å². The molecule has 0 spiro atoms. The first-order valence-electron chi connectivity index (χ1n) is 14.3. The minimum Gasteiger partial charge on any atom is -0.497 e. The third-order valence-electron chi connectivity index (χ3n) is 7.28. The van der Waals surface area contributed by atoms with E-state index in [2.05, 4.69) is 35.4 Å². The van der Waals surface area contributed by atoms with Gasteiger partial charge in [-0.1, -0.05) is 0 Å². The average Bonchev–Trinajstić information content (AvgIpc) is 3.48. The summed E-state index contributed by atoms with van der Waals surface area (Å²) in [4.78, 5) is 30.4. The Balaban J connectivity index is 1.41. The summed E-state index contributed by atoms with van der Waals surface area (Å²) in [5, 5.41) is 16.3. The monoisotopic (exact) mass is 603 g/mol. The number of carbonyl (C=O) groups is 1. The second kappa shape index (κ2) is 14.1. The number of oxazole rings is 1. The molecule has 4 aromatic rings. The summed E-state index contributed by atoms with van der Waals surface area (Å²) in [5.74, 6) is 0.904. The molecule has 1 fully saturated rings. The molecule has 44 heavy (non-hydrogen) atoms. The van der Waals surface area contributed by atoms with Gasteiger partial charge in [-0.3, -0.25) is 4.90 Å². The molecule has 0 atom stereocenters. The second-order valence-electron chi connectivity index (χ2n) is 10.1. The van der Waals surface area contributed by atoms with Gasteiger partial charge in [-0.2, -0.15) is 4.98 Å². The van der Waals surface area contributed by atoms with Crippen molar-refractivity contribution in [1.29, 1.82) is 0 Å². The van der Waals surface area contributed by atoms with E-state index in [1.165, 1.54) is 0 Å². The fraction of sp³-hybridized carbons (Fsp3) is 0.355. The van der Waals surface area contributed by atoms with Gasteiger partial charge in [0.25, 0.3) is 6.01 Å². The van der Waals surface area contributed by atoms with E-state index in [1.54, 1.807) is 45.7 Å². The van der Waals surface area contributed by atoms with E-state index in [0.717, 1.165) is 38.3 Å². The lowest BCUT2D eigenvalue weighted by atomic mass is 10.1. The molecule has 0 bridgehead atoms. The molecule has 0 amide bonds. The van der Waals surface area contributed by atoms with E-state index in [0.29, 0.717) is 59.2 Å². The maximum Gasteiger partial charge on any atom is 0.337 e. The molecule has 13 heteroatoms. The minimum atomic E-state index is -1.00. The Morgan fingerprint density at radius 2 is 1.75 bits per heavy atom. The number of hydrogen-bond donors (Lipinski definition) is 3. The average molecular weight is 604 g/mol. The molecule has 0 unspecified atom stereocenters. The van der Waals surface area contributed by atoms with E-state index in [9.17, 15) is 9.90 Å². The van der Waals surface area contributed by atoms with E-state index >= 15 is 0 Å². The van der Waals surface area contributed by atoms with Crippen LogP contribution in [0.3, 0.4) is 0 Å². The summed E-state index contributed by atoms with van der Waals surface area (Å²) in [7, 11) is 4.86. The Morgan fingerprint density at radius 1 is 1.00 bits per heavy atom. The zero-order valence-corrected chi connectivity index (χ0v) is 25.3. The number of hydrogen-bond acceptors (Lipinski definition) is 12. The van der Waals surface area contributed by atoms with Gasteiger partial charge in [0.2, 0.25) is 5.95 Å². The van der Waals surface area contributed by atoms with Crippen LogP contribution in [-0.4, -0.2) is 98.1 Å². The zero-order valence-electron chi connectivity index (χ0n) is 25.3. The number of benzene rings is 2. The molecule has 232 valence electrons. The number of anilines is 4. The number of nitrogens with zero attached hydrogens (tertiary/aromatic N) is 5. The molecular weight excluding hydrogens is 566 g/mol. The van der Waals surface area contributed by atoms with Gasteiger partial charge in [0, 0.05) is 69.9 Å². The van der Waals surface area contributed by atoms with Crippen LogP contribution >= 0.6 is 0 Å². The van der Waals surface area contributed by atoms with Crippen molar-refractivity contribution in [2.24, 2.45) is 0 Å². The number of carboxylic acids is 1. The van der Waals surface area contributed by atoms with Crippen molar-refractivity contribution < 1.29 is 28.5 Å². The quantitative estimate of drug-likeness (QED) is 0.198. The smallest absolute Gasteiger partial charge is 0.337 e. The van der Waals surface area contributed by atoms with E-state index in [1.807, 2.05) is 31.2 Å². The number of methoxy groups -OCH3 is 3. The molecule has 3 N–H and O–H groups in total. The van der Waals surface area contributed by atoms with Crippen LogP contribution in [0.15, 0.2) is 53.1 Å². The minimum absolute atomic E-state index is 0.205. The number of nitrogens with one attached hydrogen (secondary N) is 2. The van der Waals surface area contributed by atoms with Gasteiger partial charge in [0.15, 0.2) is 5.76 Å². The molecule has 0 radical (unpaired) electrons. The highest BCUT2D eigenvalue weighted by Crippen LogP contribution is 2.37. The molecule has 13 nitrogen and oxygen atoms in total. The Morgan fingerprint density at radius 3 is 2.41 bits per heavy atom. The molecule has 5 rings (SSSR count). The fourth-order valence-electron chi connectivity index (χ4n) is 5.03. The molecule has 1 aliphatic heterocycles. The third-order valence-corrected chi connectivity index (χ3v) is 7.28. The first-order valence-corrected chi connectivity index (χ1v) is 14.3. The van der Waals surface area contributed by atoms with Crippen molar-refractivity contribution >= 4 is 29.3 Å². The van der Waals surface area contributed by atoms with E-state index < -0.39 is 5.97 Å². The van der Waals surface area contributed by atoms with Crippen molar-refractivity contribution in [3.8, 4) is 34.2 Å². The summed E-state index contributed by atoms with van der Waals surface area (Å²) < 4.78 is 22.2. The van der Waals surface area contributed by atoms with E-state index in [4.69, 9.17) is 18.6 Å². The Bertz CT molecular complexity index is 1560. The van der Waals surface area contributed by atoms with Crippen LogP contribution in [0.5, 0.6) is 11.5 Å². The SMILES string of the molecule is CCNc1nc(-c2cc(OC)cc(OC)c2)c(-c2ccnc(Nc3ccc(N4CCN(CCOC)CC4)c(C(=O)O)c3)n2)o1. The van der Waals surface area contributed by atoms with Crippen LogP contribution in [0.25, 0.3) is 22.7 Å². The van der Waals surface area contributed by atoms with Crippen molar-refractivity contribution in [2.45, 2.75) is 6.92 Å². The molecule has 0 saturated carbocycles. The number of aromatic nitrogens is 3. The van der Waals surface area contributed by atoms with Gasteiger partial charge >= 0.3 is 5.97 Å². The van der Waals surface area contributed by atoms with Gasteiger partial charge in [-0.15, -0.1) is 0 Å². The van der Waals surface area contributed by atoms with Crippen molar-refractivity contribution in [1.82, 2.24) is 19.9 Å². The van der Waals surface area contributed by atoms with Crippen LogP contribution in [0.4, 0.5) is 23.3 Å². The fourth-order valence-corrected chi connectivity index (χ4v) is 5.03. The highest BCUT2D eigenvalue weighted by molar-refractivity contribution is 5.96. The highest BCUT2D eigenvalue weighted by atomic mass is 16.5. The van der Waals surface area contributed by atoms with Crippen LogP contribution in [0.1, 0.15) is 17.3 Å². The van der Waals surface area contributed by atoms with E-state index in [-0.39, 0.29) is 11.5 Å². The molecule has 3 heterocycles. The molecule has 2 aromatic carbocycles. The Labute approximate surface area is 255 Å². The molecule has 0 aliphatic carbocycles. The standard InChI is InChI=1S/C31H37N7O6/c1-5-32-31-36-27(20-16-22(42-3)19-23(17-20)43-4)28(44-31)25-8-9-33-30(35-25)34-21-6-7-26(24(18-21)29(39)40)38-12-10-37(11-13-38)14-15-41-2/h6-9,16-19H,5,10-15H2,1-4H3,(H,32,36)(H,39,40)(H,33,34,35). The predicted molar refractivity (Wildman–Crippen MR) is 167 cm³/mol. The molecule has 2 aromatic heterocycles. The van der Waals surface area contributed by atoms with Crippen LogP contribution in [0, 0.1) is 0 Å². The summed E-state index contributed by atoms with van der Waals surface area (Å²) >= 11 is 0. The van der Waals surface area contributed by atoms with Crippen LogP contribution in [0.2, 0.25) is 0 Å². The van der Waals surface area contributed by atoms with Crippen molar-refractivity contribution in [3.63, 3.8) is 0 Å². The highest BCUT2D eigenvalue weighted by Gasteiger charge is 2.23. The van der Waals surface area contributed by atoms with Crippen molar-refractivity contribution in [2.75, 3.05) is 82.7 Å². The topological polar surface area (TPSA) is 147 Å². The predicted octanol–water partition coefficient (Wildman–Crippen LogP) is 4.46. The lowest BCUT2D eigenvalue weighted by Crippen LogP contribution is -2.47. The normalized spacial score (nSPS) is 13.5. The summed E-state index contributed by atoms with van der Waals surface area (Å²) in [6, 6.07) is 12.8. The van der Waals surface area contributed by atoms with Crippen LogP contribution < -0.4 is 25.0 Å².